The van der Waals surface area contributed by atoms with Gasteiger partial charge in [-0.05, 0) is 0 Å². The standard InChI is InChI=1S/C16H14Br2O2/c17-7-3-1-5-13-11-15-16(20-10-9-19-15)12-14(13)6-2-4-8-18/h11-12H,3-4,7-10H2. The zero-order valence-electron chi connectivity index (χ0n) is 11.0. The SMILES string of the molecule is BrCCC#Cc1cc2c(cc1C#CCCBr)OCCO2. The molecule has 0 aliphatic carbocycles. The highest BCUT2D eigenvalue weighted by Gasteiger charge is 2.14. The van der Waals surface area contributed by atoms with E-state index >= 15 is 0 Å². The molecule has 0 spiro atoms. The Hall–Kier alpha value is -1.10. The van der Waals surface area contributed by atoms with Crippen LogP contribution in [-0.2, 0) is 0 Å². The highest BCUT2D eigenvalue weighted by Crippen LogP contribution is 2.32. The van der Waals surface area contributed by atoms with Crippen molar-refractivity contribution in [2.75, 3.05) is 23.9 Å². The van der Waals surface area contributed by atoms with Gasteiger partial charge in [-0.3, -0.25) is 0 Å². The summed E-state index contributed by atoms with van der Waals surface area (Å²) in [7, 11) is 0. The van der Waals surface area contributed by atoms with E-state index in [2.05, 4.69) is 55.5 Å². The van der Waals surface area contributed by atoms with Gasteiger partial charge in [0.05, 0.1) is 0 Å². The van der Waals surface area contributed by atoms with E-state index in [0.717, 1.165) is 46.1 Å². The summed E-state index contributed by atoms with van der Waals surface area (Å²) in [6.07, 6.45) is 1.62. The molecule has 1 aromatic rings. The molecule has 0 fully saturated rings. The fraction of sp³-hybridized carbons (Fsp3) is 0.375. The Bertz CT molecular complexity index is 535. The Morgan fingerprint density at radius 1 is 0.850 bits per heavy atom. The fourth-order valence-electron chi connectivity index (χ4n) is 1.71. The molecule has 2 rings (SSSR count). The van der Waals surface area contributed by atoms with Crippen molar-refractivity contribution < 1.29 is 9.47 Å². The molecular formula is C16H14Br2O2. The first-order chi connectivity index (χ1) is 9.85. The van der Waals surface area contributed by atoms with Crippen LogP contribution in [0, 0.1) is 23.7 Å². The van der Waals surface area contributed by atoms with Crippen molar-refractivity contribution in [1.82, 2.24) is 0 Å². The topological polar surface area (TPSA) is 18.5 Å². The average molecular weight is 398 g/mol. The van der Waals surface area contributed by atoms with Crippen molar-refractivity contribution in [3.05, 3.63) is 23.3 Å². The van der Waals surface area contributed by atoms with Crippen LogP contribution < -0.4 is 9.47 Å². The normalized spacial score (nSPS) is 11.9. The molecule has 0 radical (unpaired) electrons. The maximum Gasteiger partial charge on any atom is 0.162 e. The van der Waals surface area contributed by atoms with Gasteiger partial charge in [0.25, 0.3) is 0 Å². The molecule has 0 saturated carbocycles. The first kappa shape index (κ1) is 15.3. The second-order valence-corrected chi connectivity index (χ2v) is 5.61. The molecule has 0 saturated heterocycles. The zero-order chi connectivity index (χ0) is 14.2. The third kappa shape index (κ3) is 4.20. The number of rotatable bonds is 2. The number of ether oxygens (including phenoxy) is 2. The van der Waals surface area contributed by atoms with Crippen LogP contribution >= 0.6 is 31.9 Å². The molecule has 0 unspecified atom stereocenters. The lowest BCUT2D eigenvalue weighted by Gasteiger charge is -2.19. The van der Waals surface area contributed by atoms with Crippen molar-refractivity contribution in [1.29, 1.82) is 0 Å². The molecule has 0 N–H and O–H groups in total. The Balaban J connectivity index is 2.36. The highest BCUT2D eigenvalue weighted by molar-refractivity contribution is 9.09. The van der Waals surface area contributed by atoms with Crippen LogP contribution in [0.5, 0.6) is 11.5 Å². The van der Waals surface area contributed by atoms with Gasteiger partial charge in [-0.2, -0.15) is 0 Å². The molecule has 0 aromatic heterocycles. The van der Waals surface area contributed by atoms with Gasteiger partial charge in [0.1, 0.15) is 13.2 Å². The van der Waals surface area contributed by atoms with Gasteiger partial charge in [0.2, 0.25) is 0 Å². The summed E-state index contributed by atoms with van der Waals surface area (Å²) in [5, 5.41) is 1.74. The molecule has 1 heterocycles. The van der Waals surface area contributed by atoms with E-state index in [1.54, 1.807) is 0 Å². The van der Waals surface area contributed by atoms with Gasteiger partial charge in [0.15, 0.2) is 11.5 Å². The first-order valence-corrected chi connectivity index (χ1v) is 8.62. The number of fused-ring (bicyclic) bond motifs is 1. The van der Waals surface area contributed by atoms with Crippen molar-refractivity contribution in [3.63, 3.8) is 0 Å². The zero-order valence-corrected chi connectivity index (χ0v) is 14.1. The van der Waals surface area contributed by atoms with Crippen LogP contribution in [-0.4, -0.2) is 23.9 Å². The third-order valence-corrected chi connectivity index (χ3v) is 3.36. The molecule has 0 amide bonds. The second kappa shape index (κ2) is 8.25. The van der Waals surface area contributed by atoms with Crippen molar-refractivity contribution >= 4 is 31.9 Å². The summed E-state index contributed by atoms with van der Waals surface area (Å²) in [6.45, 7) is 1.16. The summed E-state index contributed by atoms with van der Waals surface area (Å²) in [6, 6.07) is 3.85. The first-order valence-electron chi connectivity index (χ1n) is 6.38. The smallest absolute Gasteiger partial charge is 0.162 e. The molecule has 1 aliphatic heterocycles. The summed E-state index contributed by atoms with van der Waals surface area (Å²) in [4.78, 5) is 0. The van der Waals surface area contributed by atoms with Gasteiger partial charge < -0.3 is 9.47 Å². The maximum atomic E-state index is 5.59. The van der Waals surface area contributed by atoms with Gasteiger partial charge in [0, 0.05) is 46.8 Å². The molecule has 20 heavy (non-hydrogen) atoms. The molecule has 2 nitrogen and oxygen atoms in total. The van der Waals surface area contributed by atoms with E-state index in [4.69, 9.17) is 9.47 Å². The van der Waals surface area contributed by atoms with Crippen molar-refractivity contribution in [3.8, 4) is 35.2 Å². The van der Waals surface area contributed by atoms with Crippen molar-refractivity contribution in [2.24, 2.45) is 0 Å². The Kier molecular flexibility index (Phi) is 6.30. The molecule has 4 heteroatoms. The minimum Gasteiger partial charge on any atom is -0.486 e. The van der Waals surface area contributed by atoms with E-state index < -0.39 is 0 Å². The van der Waals surface area contributed by atoms with E-state index in [9.17, 15) is 0 Å². The van der Waals surface area contributed by atoms with E-state index in [1.165, 1.54) is 0 Å². The van der Waals surface area contributed by atoms with E-state index in [0.29, 0.717) is 13.2 Å². The summed E-state index contributed by atoms with van der Waals surface area (Å²) in [5.74, 6) is 14.1. The van der Waals surface area contributed by atoms with Gasteiger partial charge in [-0.25, -0.2) is 0 Å². The molecule has 1 aliphatic rings. The lowest BCUT2D eigenvalue weighted by Crippen LogP contribution is -2.15. The summed E-state index contributed by atoms with van der Waals surface area (Å²) >= 11 is 6.74. The monoisotopic (exact) mass is 396 g/mol. The number of alkyl halides is 2. The maximum absolute atomic E-state index is 5.59. The Morgan fingerprint density at radius 3 is 1.70 bits per heavy atom. The molecule has 104 valence electrons. The van der Waals surface area contributed by atoms with Crippen LogP contribution in [0.2, 0.25) is 0 Å². The largest absolute Gasteiger partial charge is 0.486 e. The minimum atomic E-state index is 0.579. The van der Waals surface area contributed by atoms with Crippen LogP contribution in [0.4, 0.5) is 0 Å². The molecule has 0 bridgehead atoms. The van der Waals surface area contributed by atoms with Crippen LogP contribution in [0.15, 0.2) is 12.1 Å². The van der Waals surface area contributed by atoms with Crippen LogP contribution in [0.25, 0.3) is 0 Å². The van der Waals surface area contributed by atoms with E-state index in [1.807, 2.05) is 12.1 Å². The second-order valence-electron chi connectivity index (χ2n) is 4.02. The number of benzene rings is 1. The number of hydrogen-bond acceptors (Lipinski definition) is 2. The van der Waals surface area contributed by atoms with Crippen LogP contribution in [0.3, 0.4) is 0 Å². The molecule has 1 aromatic carbocycles. The molecular weight excluding hydrogens is 384 g/mol. The van der Waals surface area contributed by atoms with Gasteiger partial charge in [-0.1, -0.05) is 55.5 Å². The predicted octanol–water partition coefficient (Wildman–Crippen LogP) is 3.73. The summed E-state index contributed by atoms with van der Waals surface area (Å²) in [5.41, 5.74) is 1.80. The lowest BCUT2D eigenvalue weighted by molar-refractivity contribution is 0.171. The highest BCUT2D eigenvalue weighted by atomic mass is 79.9. The number of hydrogen-bond donors (Lipinski definition) is 0. The lowest BCUT2D eigenvalue weighted by atomic mass is 10.1. The average Bonchev–Trinajstić information content (AvgIpc) is 2.48. The van der Waals surface area contributed by atoms with Gasteiger partial charge >= 0.3 is 0 Å². The summed E-state index contributed by atoms with van der Waals surface area (Å²) < 4.78 is 11.2. The predicted molar refractivity (Wildman–Crippen MR) is 88.0 cm³/mol. The van der Waals surface area contributed by atoms with Gasteiger partial charge in [-0.15, -0.1) is 0 Å². The van der Waals surface area contributed by atoms with Crippen molar-refractivity contribution in [2.45, 2.75) is 12.8 Å². The van der Waals surface area contributed by atoms with Crippen LogP contribution in [0.1, 0.15) is 24.0 Å². The van der Waals surface area contributed by atoms with E-state index in [-0.39, 0.29) is 0 Å². The fourth-order valence-corrected chi connectivity index (χ4v) is 2.10. The third-order valence-electron chi connectivity index (χ3n) is 2.57. The minimum absolute atomic E-state index is 0.579. The molecule has 0 atom stereocenters. The quantitative estimate of drug-likeness (QED) is 0.559. The Labute approximate surface area is 136 Å². The number of halogens is 2. The Morgan fingerprint density at radius 2 is 1.30 bits per heavy atom.